The minimum absolute atomic E-state index is 0.204. The molecule has 0 saturated carbocycles. The first-order chi connectivity index (χ1) is 8.56. The first-order valence-electron chi connectivity index (χ1n) is 6.47. The molecule has 3 nitrogen and oxygen atoms in total. The van der Waals surface area contributed by atoms with Crippen molar-refractivity contribution in [2.75, 3.05) is 31.5 Å². The number of anilines is 1. The molecule has 0 spiro atoms. The van der Waals surface area contributed by atoms with Crippen molar-refractivity contribution in [3.8, 4) is 0 Å². The minimum atomic E-state index is -0.421. The highest BCUT2D eigenvalue weighted by Gasteiger charge is 2.08. The van der Waals surface area contributed by atoms with Crippen molar-refractivity contribution >= 4 is 5.69 Å². The van der Waals surface area contributed by atoms with Crippen LogP contribution in [0, 0.1) is 12.7 Å². The molecule has 1 aromatic rings. The summed E-state index contributed by atoms with van der Waals surface area (Å²) < 4.78 is 13.1. The summed E-state index contributed by atoms with van der Waals surface area (Å²) in [5, 5.41) is 13.0. The second kappa shape index (κ2) is 7.34. The van der Waals surface area contributed by atoms with Gasteiger partial charge in [0.1, 0.15) is 5.82 Å². The van der Waals surface area contributed by atoms with Crippen LogP contribution in [-0.4, -0.2) is 42.3 Å². The van der Waals surface area contributed by atoms with E-state index in [1.54, 1.807) is 19.1 Å². The van der Waals surface area contributed by atoms with Crippen molar-refractivity contribution in [3.05, 3.63) is 29.6 Å². The average Bonchev–Trinajstić information content (AvgIpc) is 2.37. The molecule has 0 aromatic heterocycles. The zero-order valence-corrected chi connectivity index (χ0v) is 11.4. The fourth-order valence-electron chi connectivity index (χ4n) is 1.83. The van der Waals surface area contributed by atoms with Gasteiger partial charge in [-0.15, -0.1) is 0 Å². The Morgan fingerprint density at radius 3 is 2.56 bits per heavy atom. The van der Waals surface area contributed by atoms with E-state index in [4.69, 9.17) is 0 Å². The molecule has 0 amide bonds. The number of aryl methyl sites for hydroxylation is 1. The van der Waals surface area contributed by atoms with Crippen LogP contribution in [-0.2, 0) is 0 Å². The van der Waals surface area contributed by atoms with Crippen LogP contribution in [0.25, 0.3) is 0 Å². The Morgan fingerprint density at radius 2 is 2.00 bits per heavy atom. The standard InChI is InChI=1S/C14H23FN2O/c1-4-17(5-2)10-13(18)9-16-12-6-7-14(15)11(3)8-12/h6-8,13,16,18H,4-5,9-10H2,1-3H3. The molecule has 2 N–H and O–H groups in total. The second-order valence-corrected chi connectivity index (χ2v) is 4.48. The van der Waals surface area contributed by atoms with E-state index < -0.39 is 6.10 Å². The maximum absolute atomic E-state index is 13.1. The van der Waals surface area contributed by atoms with Crippen LogP contribution in [0.5, 0.6) is 0 Å². The normalized spacial score (nSPS) is 12.8. The van der Waals surface area contributed by atoms with E-state index in [1.165, 1.54) is 6.07 Å². The van der Waals surface area contributed by atoms with Gasteiger partial charge in [0.15, 0.2) is 0 Å². The first kappa shape index (κ1) is 14.9. The summed E-state index contributed by atoms with van der Waals surface area (Å²) in [4.78, 5) is 2.17. The maximum atomic E-state index is 13.1. The van der Waals surface area contributed by atoms with E-state index in [-0.39, 0.29) is 5.82 Å². The molecule has 0 heterocycles. The summed E-state index contributed by atoms with van der Waals surface area (Å²) >= 11 is 0. The number of nitrogens with zero attached hydrogens (tertiary/aromatic N) is 1. The molecule has 18 heavy (non-hydrogen) atoms. The van der Waals surface area contributed by atoms with Gasteiger partial charge in [0.25, 0.3) is 0 Å². The molecule has 1 atom stereocenters. The predicted molar refractivity (Wildman–Crippen MR) is 73.4 cm³/mol. The molecular weight excluding hydrogens is 231 g/mol. The first-order valence-corrected chi connectivity index (χ1v) is 6.47. The third-order valence-corrected chi connectivity index (χ3v) is 3.06. The highest BCUT2D eigenvalue weighted by atomic mass is 19.1. The lowest BCUT2D eigenvalue weighted by Crippen LogP contribution is -2.35. The third-order valence-electron chi connectivity index (χ3n) is 3.06. The SMILES string of the molecule is CCN(CC)CC(O)CNc1ccc(F)c(C)c1. The van der Waals surface area contributed by atoms with E-state index in [0.29, 0.717) is 18.7 Å². The molecule has 0 aliphatic carbocycles. The average molecular weight is 254 g/mol. The molecular formula is C14H23FN2O. The topological polar surface area (TPSA) is 35.5 Å². The number of rotatable bonds is 7. The zero-order chi connectivity index (χ0) is 13.5. The van der Waals surface area contributed by atoms with Gasteiger partial charge in [-0.05, 0) is 43.8 Å². The molecule has 1 aromatic carbocycles. The number of halogens is 1. The molecule has 102 valence electrons. The molecule has 0 fully saturated rings. The number of aliphatic hydroxyl groups is 1. The van der Waals surface area contributed by atoms with Crippen LogP contribution >= 0.6 is 0 Å². The Hall–Kier alpha value is -1.13. The van der Waals surface area contributed by atoms with E-state index >= 15 is 0 Å². The van der Waals surface area contributed by atoms with Gasteiger partial charge in [-0.1, -0.05) is 13.8 Å². The second-order valence-electron chi connectivity index (χ2n) is 4.48. The maximum Gasteiger partial charge on any atom is 0.126 e. The Kier molecular flexibility index (Phi) is 6.09. The monoisotopic (exact) mass is 254 g/mol. The molecule has 1 rings (SSSR count). The van der Waals surface area contributed by atoms with Crippen LogP contribution < -0.4 is 5.32 Å². The van der Waals surface area contributed by atoms with Crippen LogP contribution in [0.3, 0.4) is 0 Å². The highest BCUT2D eigenvalue weighted by Crippen LogP contribution is 2.13. The van der Waals surface area contributed by atoms with Crippen molar-refractivity contribution in [2.45, 2.75) is 26.9 Å². The number of benzene rings is 1. The molecule has 0 bridgehead atoms. The van der Waals surface area contributed by atoms with Crippen LogP contribution in [0.2, 0.25) is 0 Å². The fourth-order valence-corrected chi connectivity index (χ4v) is 1.83. The summed E-state index contributed by atoms with van der Waals surface area (Å²) in [6.45, 7) is 8.88. The zero-order valence-electron chi connectivity index (χ0n) is 11.4. The molecule has 0 aliphatic heterocycles. The molecule has 0 aliphatic rings. The van der Waals surface area contributed by atoms with Crippen molar-refractivity contribution in [1.29, 1.82) is 0 Å². The molecule has 0 radical (unpaired) electrons. The van der Waals surface area contributed by atoms with Crippen molar-refractivity contribution in [2.24, 2.45) is 0 Å². The van der Waals surface area contributed by atoms with Gasteiger partial charge in [-0.3, -0.25) is 0 Å². The smallest absolute Gasteiger partial charge is 0.126 e. The summed E-state index contributed by atoms with van der Waals surface area (Å²) in [5.74, 6) is -0.204. The van der Waals surface area contributed by atoms with Gasteiger partial charge in [-0.2, -0.15) is 0 Å². The lowest BCUT2D eigenvalue weighted by atomic mass is 10.2. The van der Waals surface area contributed by atoms with Crippen molar-refractivity contribution in [3.63, 3.8) is 0 Å². The summed E-state index contributed by atoms with van der Waals surface area (Å²) in [7, 11) is 0. The van der Waals surface area contributed by atoms with Gasteiger partial charge >= 0.3 is 0 Å². The molecule has 1 unspecified atom stereocenters. The Morgan fingerprint density at radius 1 is 1.33 bits per heavy atom. The Balaban J connectivity index is 2.42. The van der Waals surface area contributed by atoms with Crippen molar-refractivity contribution in [1.82, 2.24) is 4.90 Å². The predicted octanol–water partition coefficient (Wildman–Crippen LogP) is 2.25. The van der Waals surface area contributed by atoms with Crippen LogP contribution in [0.15, 0.2) is 18.2 Å². The number of hydrogen-bond acceptors (Lipinski definition) is 3. The number of aliphatic hydroxyl groups excluding tert-OH is 1. The van der Waals surface area contributed by atoms with E-state index in [2.05, 4.69) is 24.1 Å². The van der Waals surface area contributed by atoms with Crippen molar-refractivity contribution < 1.29 is 9.50 Å². The van der Waals surface area contributed by atoms with E-state index in [1.807, 2.05) is 0 Å². The fraction of sp³-hybridized carbons (Fsp3) is 0.571. The van der Waals surface area contributed by atoms with Crippen LogP contribution in [0.1, 0.15) is 19.4 Å². The van der Waals surface area contributed by atoms with Gasteiger partial charge in [-0.25, -0.2) is 4.39 Å². The Labute approximate surface area is 109 Å². The van der Waals surface area contributed by atoms with Gasteiger partial charge in [0.05, 0.1) is 6.10 Å². The lowest BCUT2D eigenvalue weighted by molar-refractivity contribution is 0.128. The summed E-state index contributed by atoms with van der Waals surface area (Å²) in [5.41, 5.74) is 1.45. The molecule has 0 saturated heterocycles. The largest absolute Gasteiger partial charge is 0.390 e. The number of hydrogen-bond donors (Lipinski definition) is 2. The number of nitrogens with one attached hydrogen (secondary N) is 1. The lowest BCUT2D eigenvalue weighted by Gasteiger charge is -2.22. The third kappa shape index (κ3) is 4.63. The van der Waals surface area contributed by atoms with E-state index in [9.17, 15) is 9.50 Å². The van der Waals surface area contributed by atoms with Crippen LogP contribution in [0.4, 0.5) is 10.1 Å². The van der Waals surface area contributed by atoms with Gasteiger partial charge in [0.2, 0.25) is 0 Å². The van der Waals surface area contributed by atoms with Gasteiger partial charge < -0.3 is 15.3 Å². The summed E-state index contributed by atoms with van der Waals surface area (Å²) in [6, 6.07) is 4.88. The summed E-state index contributed by atoms with van der Waals surface area (Å²) in [6.07, 6.45) is -0.421. The quantitative estimate of drug-likeness (QED) is 0.783. The Bertz CT molecular complexity index is 367. The van der Waals surface area contributed by atoms with Gasteiger partial charge in [0, 0.05) is 18.8 Å². The number of likely N-dealkylation sites (N-methyl/N-ethyl adjacent to an activating group) is 1. The minimum Gasteiger partial charge on any atom is -0.390 e. The highest BCUT2D eigenvalue weighted by molar-refractivity contribution is 5.45. The molecule has 4 heteroatoms. The van der Waals surface area contributed by atoms with E-state index in [0.717, 1.165) is 18.8 Å².